The van der Waals surface area contributed by atoms with E-state index in [1.165, 1.54) is 41.7 Å². The molecule has 0 saturated carbocycles. The summed E-state index contributed by atoms with van der Waals surface area (Å²) in [6.45, 7) is 0. The molecule has 0 aliphatic heterocycles. The molecule has 8 heteroatoms. The van der Waals surface area contributed by atoms with Crippen molar-refractivity contribution in [3.63, 3.8) is 0 Å². The predicted octanol–water partition coefficient (Wildman–Crippen LogP) is 5.43. The molecule has 1 heterocycles. The molecule has 0 bridgehead atoms. The fourth-order valence-corrected chi connectivity index (χ4v) is 4.05. The molecule has 4 rings (SSSR count). The number of thiazole rings is 1. The summed E-state index contributed by atoms with van der Waals surface area (Å²) in [5.41, 5.74) is 1.94. The first kappa shape index (κ1) is 17.9. The smallest absolute Gasteiger partial charge is 0.255 e. The van der Waals surface area contributed by atoms with E-state index < -0.39 is 5.82 Å². The van der Waals surface area contributed by atoms with E-state index >= 15 is 0 Å². The summed E-state index contributed by atoms with van der Waals surface area (Å²) in [5.74, 6) is -1.30. The van der Waals surface area contributed by atoms with Crippen LogP contribution >= 0.6 is 22.9 Å². The van der Waals surface area contributed by atoms with Gasteiger partial charge in [-0.3, -0.25) is 4.79 Å². The quantitative estimate of drug-likeness (QED) is 0.608. The Labute approximate surface area is 163 Å². The van der Waals surface area contributed by atoms with Crippen molar-refractivity contribution in [2.45, 2.75) is 18.9 Å². The first-order valence-corrected chi connectivity index (χ1v) is 9.52. The Morgan fingerprint density at radius 2 is 2.04 bits per heavy atom. The largest absolute Gasteiger partial charge is 0.355 e. The summed E-state index contributed by atoms with van der Waals surface area (Å²) in [6, 6.07) is 6.48. The monoisotopic (exact) mass is 405 g/mol. The summed E-state index contributed by atoms with van der Waals surface area (Å²) >= 11 is 7.19. The van der Waals surface area contributed by atoms with Gasteiger partial charge in [-0.15, -0.1) is 11.3 Å². The zero-order chi connectivity index (χ0) is 19.0. The van der Waals surface area contributed by atoms with E-state index in [-0.39, 0.29) is 22.8 Å². The third-order valence-electron chi connectivity index (χ3n) is 4.49. The molecule has 27 heavy (non-hydrogen) atoms. The number of benzene rings is 2. The van der Waals surface area contributed by atoms with E-state index in [0.717, 1.165) is 0 Å². The normalized spacial score (nSPS) is 15.4. The average Bonchev–Trinajstić information content (AvgIpc) is 3.29. The van der Waals surface area contributed by atoms with Gasteiger partial charge in [0.05, 0.1) is 11.1 Å². The fraction of sp³-hybridized carbons (Fsp3) is 0.158. The second-order valence-corrected chi connectivity index (χ2v) is 7.44. The third kappa shape index (κ3) is 3.52. The van der Waals surface area contributed by atoms with E-state index in [1.54, 1.807) is 6.20 Å². The van der Waals surface area contributed by atoms with Crippen LogP contribution in [0, 0.1) is 11.6 Å². The number of nitrogens with zero attached hydrogens (tertiary/aromatic N) is 1. The van der Waals surface area contributed by atoms with E-state index in [2.05, 4.69) is 15.6 Å². The van der Waals surface area contributed by atoms with Crippen LogP contribution < -0.4 is 10.6 Å². The van der Waals surface area contributed by atoms with Gasteiger partial charge in [-0.1, -0.05) is 11.6 Å². The minimum atomic E-state index is -0.562. The highest BCUT2D eigenvalue weighted by Gasteiger charge is 2.30. The fourth-order valence-electron chi connectivity index (χ4n) is 3.29. The summed E-state index contributed by atoms with van der Waals surface area (Å²) in [4.78, 5) is 16.9. The van der Waals surface area contributed by atoms with Crippen molar-refractivity contribution in [3.8, 4) is 0 Å². The number of fused-ring (bicyclic) bond motifs is 1. The molecule has 1 atom stereocenters. The van der Waals surface area contributed by atoms with Gasteiger partial charge in [0.2, 0.25) is 0 Å². The lowest BCUT2D eigenvalue weighted by atomic mass is 10.0. The van der Waals surface area contributed by atoms with Gasteiger partial charge in [-0.25, -0.2) is 13.8 Å². The van der Waals surface area contributed by atoms with Gasteiger partial charge in [0.1, 0.15) is 11.6 Å². The molecule has 0 spiro atoms. The molecule has 0 fully saturated rings. The molecular formula is C19H14ClF2N3OS. The standard InChI is InChI=1S/C19H14ClF2N3OS/c20-13-9-10(1-4-14(13)21)24-18(26)12-2-5-15(22)17-11(12)3-6-16(17)25-19-23-7-8-27-19/h1-2,4-5,7-9,16H,3,6H2,(H,23,25)(H,24,26)/t16-/m0/s1. The second-order valence-electron chi connectivity index (χ2n) is 6.14. The van der Waals surface area contributed by atoms with E-state index in [1.807, 2.05) is 5.38 Å². The third-order valence-corrected chi connectivity index (χ3v) is 5.48. The Morgan fingerprint density at radius 1 is 1.22 bits per heavy atom. The van der Waals surface area contributed by atoms with Gasteiger partial charge in [0.25, 0.3) is 5.91 Å². The van der Waals surface area contributed by atoms with Crippen molar-refractivity contribution in [3.05, 3.63) is 75.3 Å². The lowest BCUT2D eigenvalue weighted by Gasteiger charge is -2.15. The number of carbonyl (C=O) groups is 1. The van der Waals surface area contributed by atoms with Gasteiger partial charge in [0, 0.05) is 28.4 Å². The number of halogens is 3. The molecule has 1 aromatic heterocycles. The van der Waals surface area contributed by atoms with Crippen LogP contribution in [-0.2, 0) is 6.42 Å². The molecule has 0 radical (unpaired) electrons. The van der Waals surface area contributed by atoms with Gasteiger partial charge in [0.15, 0.2) is 5.13 Å². The number of rotatable bonds is 4. The summed E-state index contributed by atoms with van der Waals surface area (Å²) in [7, 11) is 0. The van der Waals surface area contributed by atoms with Crippen LogP contribution in [0.1, 0.15) is 33.9 Å². The maximum atomic E-state index is 14.5. The molecule has 1 aliphatic rings. The van der Waals surface area contributed by atoms with Crippen molar-refractivity contribution in [2.75, 3.05) is 10.6 Å². The van der Waals surface area contributed by atoms with Gasteiger partial charge in [-0.05, 0) is 48.7 Å². The summed E-state index contributed by atoms with van der Waals surface area (Å²) in [5, 5.41) is 8.39. The molecule has 2 N–H and O–H groups in total. The van der Waals surface area contributed by atoms with Gasteiger partial charge in [-0.2, -0.15) is 0 Å². The van der Waals surface area contributed by atoms with Crippen LogP contribution in [0.25, 0.3) is 0 Å². The Morgan fingerprint density at radius 3 is 2.78 bits per heavy atom. The van der Waals surface area contributed by atoms with Crippen LogP contribution in [0.2, 0.25) is 5.02 Å². The Hall–Kier alpha value is -2.51. The number of hydrogen-bond donors (Lipinski definition) is 2. The average molecular weight is 406 g/mol. The Balaban J connectivity index is 1.61. The molecule has 0 saturated heterocycles. The van der Waals surface area contributed by atoms with E-state index in [9.17, 15) is 13.6 Å². The number of nitrogens with one attached hydrogen (secondary N) is 2. The minimum absolute atomic E-state index is 0.0788. The zero-order valence-electron chi connectivity index (χ0n) is 13.9. The number of amides is 1. The summed E-state index contributed by atoms with van der Waals surface area (Å²) < 4.78 is 27.8. The highest BCUT2D eigenvalue weighted by Crippen LogP contribution is 2.38. The number of aromatic nitrogens is 1. The lowest BCUT2D eigenvalue weighted by Crippen LogP contribution is -2.15. The first-order chi connectivity index (χ1) is 13.0. The SMILES string of the molecule is O=C(Nc1ccc(F)c(Cl)c1)c1ccc(F)c2c1CC[C@@H]2Nc1nccs1. The number of hydrogen-bond acceptors (Lipinski definition) is 4. The van der Waals surface area contributed by atoms with Crippen molar-refractivity contribution < 1.29 is 13.6 Å². The Kier molecular flexibility index (Phi) is 4.80. The topological polar surface area (TPSA) is 54.0 Å². The molecular weight excluding hydrogens is 392 g/mol. The highest BCUT2D eigenvalue weighted by molar-refractivity contribution is 7.13. The Bertz CT molecular complexity index is 1010. The van der Waals surface area contributed by atoms with Crippen molar-refractivity contribution in [1.29, 1.82) is 0 Å². The van der Waals surface area contributed by atoms with Gasteiger partial charge < -0.3 is 10.6 Å². The van der Waals surface area contributed by atoms with E-state index in [0.29, 0.717) is 40.4 Å². The van der Waals surface area contributed by atoms with Gasteiger partial charge >= 0.3 is 0 Å². The van der Waals surface area contributed by atoms with Crippen LogP contribution in [0.5, 0.6) is 0 Å². The molecule has 1 aliphatic carbocycles. The molecule has 3 aromatic rings. The first-order valence-electron chi connectivity index (χ1n) is 8.26. The van der Waals surface area contributed by atoms with Crippen LogP contribution in [0.15, 0.2) is 41.9 Å². The highest BCUT2D eigenvalue weighted by atomic mass is 35.5. The second kappa shape index (κ2) is 7.25. The lowest BCUT2D eigenvalue weighted by molar-refractivity contribution is 0.102. The van der Waals surface area contributed by atoms with Crippen LogP contribution in [0.4, 0.5) is 19.6 Å². The maximum Gasteiger partial charge on any atom is 0.255 e. The van der Waals surface area contributed by atoms with Crippen molar-refractivity contribution >= 4 is 39.7 Å². The van der Waals surface area contributed by atoms with Crippen molar-refractivity contribution in [2.24, 2.45) is 0 Å². The summed E-state index contributed by atoms with van der Waals surface area (Å²) in [6.07, 6.45) is 2.92. The molecule has 4 nitrogen and oxygen atoms in total. The predicted molar refractivity (Wildman–Crippen MR) is 103 cm³/mol. The van der Waals surface area contributed by atoms with Crippen LogP contribution in [-0.4, -0.2) is 10.9 Å². The minimum Gasteiger partial charge on any atom is -0.355 e. The number of carbonyl (C=O) groups excluding carboxylic acids is 1. The molecule has 0 unspecified atom stereocenters. The van der Waals surface area contributed by atoms with Crippen LogP contribution in [0.3, 0.4) is 0 Å². The molecule has 2 aromatic carbocycles. The van der Waals surface area contributed by atoms with E-state index in [4.69, 9.17) is 11.6 Å². The molecule has 1 amide bonds. The van der Waals surface area contributed by atoms with Crippen molar-refractivity contribution in [1.82, 2.24) is 4.98 Å². The number of anilines is 2. The maximum absolute atomic E-state index is 14.5. The zero-order valence-corrected chi connectivity index (χ0v) is 15.5. The molecule has 138 valence electrons.